The van der Waals surface area contributed by atoms with Gasteiger partial charge in [-0.05, 0) is 60.0 Å². The molecule has 0 aliphatic heterocycles. The van der Waals surface area contributed by atoms with Gasteiger partial charge in [0.05, 0.1) is 22.1 Å². The molecule has 0 saturated heterocycles. The van der Waals surface area contributed by atoms with Crippen molar-refractivity contribution in [2.24, 2.45) is 0 Å². The van der Waals surface area contributed by atoms with Gasteiger partial charge >= 0.3 is 0 Å². The summed E-state index contributed by atoms with van der Waals surface area (Å²) in [4.78, 5) is 22.6. The lowest BCUT2D eigenvalue weighted by Crippen LogP contribution is -2.24. The predicted octanol–water partition coefficient (Wildman–Crippen LogP) is 4.05. The van der Waals surface area contributed by atoms with E-state index in [1.54, 1.807) is 41.1 Å². The number of halogens is 1. The number of nitro benzene ring substituents is 1. The molecule has 0 amide bonds. The number of hydrogen-bond donors (Lipinski definition) is 1. The Morgan fingerprint density at radius 2 is 1.84 bits per heavy atom. The van der Waals surface area contributed by atoms with Gasteiger partial charge in [0.25, 0.3) is 21.3 Å². The predicted molar refractivity (Wildman–Crippen MR) is 135 cm³/mol. The number of aryl methyl sites for hydroxylation is 1. The van der Waals surface area contributed by atoms with E-state index in [0.29, 0.717) is 29.9 Å². The molecule has 0 fully saturated rings. The van der Waals surface area contributed by atoms with Crippen molar-refractivity contribution in [3.05, 3.63) is 116 Å². The van der Waals surface area contributed by atoms with Gasteiger partial charge < -0.3 is 4.57 Å². The van der Waals surface area contributed by atoms with Crippen LogP contribution in [0.3, 0.4) is 0 Å². The molecule has 188 valence electrons. The lowest BCUT2D eigenvalue weighted by Gasteiger charge is -2.13. The number of fused-ring (bicyclic) bond motifs is 1. The molecule has 10 nitrogen and oxygen atoms in total. The zero-order chi connectivity index (χ0) is 26.2. The number of benzene rings is 2. The SMILES string of the molecule is O=c1ccc(-n2ccc3c2C=C(F)CC3)nn1Cc1cccc(NS(=O)(=O)c2ccc([N+](=O)[O-])cc2)c1. The van der Waals surface area contributed by atoms with Crippen molar-refractivity contribution in [1.29, 1.82) is 0 Å². The topological polar surface area (TPSA) is 129 Å². The molecular formula is C25H20FN5O5S. The van der Waals surface area contributed by atoms with Crippen molar-refractivity contribution in [3.63, 3.8) is 0 Å². The van der Waals surface area contributed by atoms with E-state index in [1.807, 2.05) is 6.07 Å². The average molecular weight is 522 g/mol. The monoisotopic (exact) mass is 521 g/mol. The highest BCUT2D eigenvalue weighted by Crippen LogP contribution is 2.27. The fourth-order valence-electron chi connectivity index (χ4n) is 4.08. The number of rotatable bonds is 7. The second kappa shape index (κ2) is 9.47. The number of aromatic nitrogens is 3. The average Bonchev–Trinajstić information content (AvgIpc) is 3.28. The highest BCUT2D eigenvalue weighted by atomic mass is 32.2. The molecule has 0 atom stereocenters. The molecule has 0 saturated carbocycles. The molecule has 0 radical (unpaired) electrons. The van der Waals surface area contributed by atoms with E-state index in [9.17, 15) is 27.7 Å². The standard InChI is InChI=1S/C25H20FN5O5S/c26-19-5-4-18-12-13-29(23(18)15-19)24-10-11-25(32)30(27-24)16-17-2-1-3-20(14-17)28-37(35,36)22-8-6-21(7-9-22)31(33)34/h1-3,6-15,28H,4-5,16H2. The second-order valence-corrected chi connectivity index (χ2v) is 10.1. The molecule has 1 N–H and O–H groups in total. The molecule has 5 rings (SSSR count). The first-order valence-electron chi connectivity index (χ1n) is 11.2. The molecule has 1 aliphatic carbocycles. The molecule has 0 bridgehead atoms. The molecule has 1 aliphatic rings. The summed E-state index contributed by atoms with van der Waals surface area (Å²) < 4.78 is 44.8. The summed E-state index contributed by atoms with van der Waals surface area (Å²) in [6, 6.07) is 15.8. The first-order valence-corrected chi connectivity index (χ1v) is 12.7. The van der Waals surface area contributed by atoms with Crippen molar-refractivity contribution < 1.29 is 17.7 Å². The number of allylic oxidation sites excluding steroid dienone is 1. The van der Waals surface area contributed by atoms with Gasteiger partial charge in [-0.15, -0.1) is 0 Å². The van der Waals surface area contributed by atoms with Gasteiger partial charge in [-0.25, -0.2) is 17.5 Å². The van der Waals surface area contributed by atoms with Crippen molar-refractivity contribution in [1.82, 2.24) is 14.3 Å². The maximum absolute atomic E-state index is 13.9. The van der Waals surface area contributed by atoms with Crippen LogP contribution in [0.1, 0.15) is 23.2 Å². The van der Waals surface area contributed by atoms with Crippen molar-refractivity contribution in [3.8, 4) is 5.82 Å². The van der Waals surface area contributed by atoms with Crippen molar-refractivity contribution in [2.45, 2.75) is 24.3 Å². The van der Waals surface area contributed by atoms with E-state index in [1.165, 1.54) is 16.8 Å². The van der Waals surface area contributed by atoms with Gasteiger partial charge in [0.15, 0.2) is 5.82 Å². The van der Waals surface area contributed by atoms with Gasteiger partial charge in [-0.1, -0.05) is 12.1 Å². The molecule has 0 spiro atoms. The van der Waals surface area contributed by atoms with Gasteiger partial charge in [-0.3, -0.25) is 19.6 Å². The zero-order valence-corrected chi connectivity index (χ0v) is 20.1. The van der Waals surface area contributed by atoms with Crippen LogP contribution in [0.15, 0.2) is 88.4 Å². The first-order chi connectivity index (χ1) is 17.7. The Morgan fingerprint density at radius 1 is 1.05 bits per heavy atom. The van der Waals surface area contributed by atoms with E-state index in [-0.39, 0.29) is 34.2 Å². The zero-order valence-electron chi connectivity index (χ0n) is 19.2. The van der Waals surface area contributed by atoms with E-state index in [0.717, 1.165) is 29.8 Å². The van der Waals surface area contributed by atoms with Crippen LogP contribution in [0.5, 0.6) is 0 Å². The van der Waals surface area contributed by atoms with E-state index in [2.05, 4.69) is 9.82 Å². The largest absolute Gasteiger partial charge is 0.300 e. The number of non-ortho nitro benzene ring substituents is 1. The summed E-state index contributed by atoms with van der Waals surface area (Å²) >= 11 is 0. The van der Waals surface area contributed by atoms with Gasteiger partial charge in [0.1, 0.15) is 5.83 Å². The molecule has 2 heterocycles. The smallest absolute Gasteiger partial charge is 0.269 e. The van der Waals surface area contributed by atoms with Crippen LogP contribution in [0, 0.1) is 10.1 Å². The highest BCUT2D eigenvalue weighted by Gasteiger charge is 2.18. The van der Waals surface area contributed by atoms with Gasteiger partial charge in [-0.2, -0.15) is 5.10 Å². The minimum atomic E-state index is -4.00. The lowest BCUT2D eigenvalue weighted by molar-refractivity contribution is -0.384. The summed E-state index contributed by atoms with van der Waals surface area (Å²) in [6.07, 6.45) is 4.20. The van der Waals surface area contributed by atoms with Crippen LogP contribution in [0.2, 0.25) is 0 Å². The van der Waals surface area contributed by atoms with E-state index in [4.69, 9.17) is 0 Å². The number of nitrogens with one attached hydrogen (secondary N) is 1. The first kappa shape index (κ1) is 24.1. The van der Waals surface area contributed by atoms with Crippen LogP contribution in [-0.4, -0.2) is 27.7 Å². The Bertz CT molecular complexity index is 1710. The number of nitrogens with zero attached hydrogens (tertiary/aromatic N) is 4. The van der Waals surface area contributed by atoms with Crippen LogP contribution in [0.4, 0.5) is 15.8 Å². The molecule has 37 heavy (non-hydrogen) atoms. The van der Waals surface area contributed by atoms with Crippen LogP contribution in [0.25, 0.3) is 11.9 Å². The summed E-state index contributed by atoms with van der Waals surface area (Å²) in [6.45, 7) is 0.0629. The highest BCUT2D eigenvalue weighted by molar-refractivity contribution is 7.92. The quantitative estimate of drug-likeness (QED) is 0.289. The molecule has 2 aromatic heterocycles. The Labute approximate surface area is 210 Å². The number of anilines is 1. The molecule has 0 unspecified atom stereocenters. The molecular weight excluding hydrogens is 501 g/mol. The fraction of sp³-hybridized carbons (Fsp3) is 0.120. The molecule has 2 aromatic carbocycles. The number of sulfonamides is 1. The lowest BCUT2D eigenvalue weighted by atomic mass is 10.0. The van der Waals surface area contributed by atoms with Gasteiger partial charge in [0.2, 0.25) is 0 Å². The van der Waals surface area contributed by atoms with Crippen molar-refractivity contribution >= 4 is 27.5 Å². The molecule has 4 aromatic rings. The Kier molecular flexibility index (Phi) is 6.17. The summed E-state index contributed by atoms with van der Waals surface area (Å²) in [5.41, 5.74) is 1.96. The number of nitro groups is 1. The summed E-state index contributed by atoms with van der Waals surface area (Å²) in [7, 11) is -4.00. The summed E-state index contributed by atoms with van der Waals surface area (Å²) in [5, 5.41) is 15.3. The third-order valence-electron chi connectivity index (χ3n) is 5.91. The second-order valence-electron chi connectivity index (χ2n) is 8.43. The fourth-order valence-corrected chi connectivity index (χ4v) is 5.13. The Balaban J connectivity index is 1.39. The summed E-state index contributed by atoms with van der Waals surface area (Å²) in [5.74, 6) is 0.232. The van der Waals surface area contributed by atoms with Crippen LogP contribution < -0.4 is 10.3 Å². The maximum atomic E-state index is 13.9. The maximum Gasteiger partial charge on any atom is 0.269 e. The van der Waals surface area contributed by atoms with E-state index >= 15 is 0 Å². The minimum Gasteiger partial charge on any atom is -0.300 e. The normalized spacial score (nSPS) is 13.1. The van der Waals surface area contributed by atoms with Gasteiger partial charge in [0, 0.05) is 36.5 Å². The van der Waals surface area contributed by atoms with Crippen molar-refractivity contribution in [2.75, 3.05) is 4.72 Å². The Hall–Kier alpha value is -4.58. The molecule has 12 heteroatoms. The third kappa shape index (κ3) is 5.05. The van der Waals surface area contributed by atoms with Crippen LogP contribution >= 0.6 is 0 Å². The third-order valence-corrected chi connectivity index (χ3v) is 7.31. The van der Waals surface area contributed by atoms with Crippen LogP contribution in [-0.2, 0) is 23.0 Å². The Morgan fingerprint density at radius 3 is 2.59 bits per heavy atom. The van der Waals surface area contributed by atoms with E-state index < -0.39 is 14.9 Å². The minimum absolute atomic E-state index is 0.0629. The number of hydrogen-bond acceptors (Lipinski definition) is 6.